The van der Waals surface area contributed by atoms with Gasteiger partial charge in [0.05, 0.1) is 13.1 Å². The zero-order chi connectivity index (χ0) is 17.6. The van der Waals surface area contributed by atoms with Crippen molar-refractivity contribution in [2.75, 3.05) is 33.2 Å². The summed E-state index contributed by atoms with van der Waals surface area (Å²) in [6.45, 7) is 2.56. The van der Waals surface area contributed by atoms with Gasteiger partial charge in [0.2, 0.25) is 5.91 Å². The number of fused-ring (bicyclic) bond motifs is 1. The number of carbonyl (C=O) groups excluding carboxylic acids is 2. The average Bonchev–Trinajstić information content (AvgIpc) is 3.04. The third kappa shape index (κ3) is 4.85. The van der Waals surface area contributed by atoms with Gasteiger partial charge in [0.15, 0.2) is 0 Å². The van der Waals surface area contributed by atoms with E-state index in [0.717, 1.165) is 38.1 Å². The number of nitrogens with one attached hydrogen (secondary N) is 3. The highest BCUT2D eigenvalue weighted by Crippen LogP contribution is 2.27. The maximum absolute atomic E-state index is 12.1. The Morgan fingerprint density at radius 1 is 1.24 bits per heavy atom. The lowest BCUT2D eigenvalue weighted by atomic mass is 10.1. The molecule has 1 atom stereocenters. The van der Waals surface area contributed by atoms with Gasteiger partial charge in [0.1, 0.15) is 11.9 Å². The van der Waals surface area contributed by atoms with Crippen LogP contribution in [-0.4, -0.2) is 62.2 Å². The van der Waals surface area contributed by atoms with Gasteiger partial charge >= 0.3 is 6.03 Å². The summed E-state index contributed by atoms with van der Waals surface area (Å²) in [6, 6.07) is 7.98. The number of hydrogen-bond donors (Lipinski definition) is 3. The molecule has 0 unspecified atom stereocenters. The van der Waals surface area contributed by atoms with Gasteiger partial charge in [-0.05, 0) is 24.5 Å². The summed E-state index contributed by atoms with van der Waals surface area (Å²) in [5.74, 6) is 0.944. The van der Waals surface area contributed by atoms with Gasteiger partial charge in [-0.3, -0.25) is 9.69 Å². The van der Waals surface area contributed by atoms with Crippen LogP contribution in [0.25, 0.3) is 0 Å². The normalized spacial score (nSPS) is 20.4. The van der Waals surface area contributed by atoms with Crippen molar-refractivity contribution in [3.8, 4) is 5.75 Å². The van der Waals surface area contributed by atoms with E-state index in [1.165, 1.54) is 5.56 Å². The molecule has 2 aliphatic heterocycles. The highest BCUT2D eigenvalue weighted by atomic mass is 16.5. The van der Waals surface area contributed by atoms with Crippen molar-refractivity contribution in [1.82, 2.24) is 20.9 Å². The third-order valence-corrected chi connectivity index (χ3v) is 4.77. The van der Waals surface area contributed by atoms with Crippen molar-refractivity contribution >= 4 is 11.9 Å². The molecule has 7 nitrogen and oxygen atoms in total. The van der Waals surface area contributed by atoms with E-state index in [1.807, 2.05) is 18.2 Å². The Morgan fingerprint density at radius 3 is 2.72 bits per heavy atom. The zero-order valence-corrected chi connectivity index (χ0v) is 14.6. The van der Waals surface area contributed by atoms with Gasteiger partial charge in [-0.1, -0.05) is 18.2 Å². The quantitative estimate of drug-likeness (QED) is 0.725. The van der Waals surface area contributed by atoms with Crippen molar-refractivity contribution in [2.45, 2.75) is 31.4 Å². The van der Waals surface area contributed by atoms with Crippen molar-refractivity contribution in [1.29, 1.82) is 0 Å². The third-order valence-electron chi connectivity index (χ3n) is 4.77. The largest absolute Gasteiger partial charge is 0.488 e. The fourth-order valence-corrected chi connectivity index (χ4v) is 3.33. The number of piperidine rings is 1. The Hall–Kier alpha value is -2.28. The molecule has 1 aromatic rings. The molecule has 0 saturated carbocycles. The first-order chi connectivity index (χ1) is 12.1. The van der Waals surface area contributed by atoms with E-state index in [9.17, 15) is 9.59 Å². The summed E-state index contributed by atoms with van der Waals surface area (Å²) < 4.78 is 5.82. The van der Waals surface area contributed by atoms with Crippen LogP contribution >= 0.6 is 0 Å². The lowest BCUT2D eigenvalue weighted by Gasteiger charge is -2.31. The summed E-state index contributed by atoms with van der Waals surface area (Å²) >= 11 is 0. The highest BCUT2D eigenvalue weighted by Gasteiger charge is 2.24. The minimum Gasteiger partial charge on any atom is -0.488 e. The topological polar surface area (TPSA) is 82.7 Å². The fraction of sp³-hybridized carbons (Fsp3) is 0.556. The van der Waals surface area contributed by atoms with Gasteiger partial charge in [0.25, 0.3) is 0 Å². The summed E-state index contributed by atoms with van der Waals surface area (Å²) in [4.78, 5) is 25.6. The van der Waals surface area contributed by atoms with E-state index in [-0.39, 0.29) is 24.1 Å². The smallest absolute Gasteiger partial charge is 0.315 e. The molecule has 3 rings (SSSR count). The molecule has 136 valence electrons. The Labute approximate surface area is 148 Å². The van der Waals surface area contributed by atoms with Crippen LogP contribution in [0.1, 0.15) is 18.4 Å². The minimum atomic E-state index is -0.149. The van der Waals surface area contributed by atoms with E-state index in [1.54, 1.807) is 7.05 Å². The number of nitrogens with zero attached hydrogens (tertiary/aromatic N) is 1. The molecule has 1 fully saturated rings. The van der Waals surface area contributed by atoms with Crippen LogP contribution in [0.5, 0.6) is 5.75 Å². The number of urea groups is 1. The Kier molecular flexibility index (Phi) is 5.75. The first kappa shape index (κ1) is 17.5. The number of benzene rings is 1. The number of hydrogen-bond acceptors (Lipinski definition) is 4. The van der Waals surface area contributed by atoms with Crippen molar-refractivity contribution in [3.63, 3.8) is 0 Å². The molecule has 1 aromatic carbocycles. The van der Waals surface area contributed by atoms with Gasteiger partial charge in [-0.25, -0.2) is 4.79 Å². The Balaban J connectivity index is 1.33. The van der Waals surface area contributed by atoms with E-state index in [4.69, 9.17) is 4.74 Å². The van der Waals surface area contributed by atoms with E-state index in [2.05, 4.69) is 26.9 Å². The van der Waals surface area contributed by atoms with Crippen LogP contribution in [0.4, 0.5) is 4.79 Å². The van der Waals surface area contributed by atoms with Gasteiger partial charge in [-0.2, -0.15) is 0 Å². The van der Waals surface area contributed by atoms with Gasteiger partial charge in [-0.15, -0.1) is 0 Å². The second kappa shape index (κ2) is 8.20. The van der Waals surface area contributed by atoms with Gasteiger partial charge in [0, 0.05) is 32.6 Å². The number of para-hydroxylation sites is 1. The molecule has 2 heterocycles. The first-order valence-corrected chi connectivity index (χ1v) is 8.86. The SMILES string of the molecule is CNC(=O)CN1CCC(NC(=O)NC[C@H]2Cc3ccccc3O2)CC1. The van der Waals surface area contributed by atoms with Crippen LogP contribution < -0.4 is 20.7 Å². The molecule has 0 aliphatic carbocycles. The molecule has 2 aliphatic rings. The molecule has 25 heavy (non-hydrogen) atoms. The van der Waals surface area contributed by atoms with Crippen LogP contribution in [0, 0.1) is 0 Å². The van der Waals surface area contributed by atoms with Gasteiger partial charge < -0.3 is 20.7 Å². The van der Waals surface area contributed by atoms with E-state index in [0.29, 0.717) is 13.1 Å². The molecule has 7 heteroatoms. The lowest BCUT2D eigenvalue weighted by Crippen LogP contribution is -2.50. The predicted molar refractivity (Wildman–Crippen MR) is 94.6 cm³/mol. The van der Waals surface area contributed by atoms with Crippen LogP contribution in [-0.2, 0) is 11.2 Å². The Morgan fingerprint density at radius 2 is 2.00 bits per heavy atom. The maximum atomic E-state index is 12.1. The van der Waals surface area contributed by atoms with Crippen LogP contribution in [0.15, 0.2) is 24.3 Å². The van der Waals surface area contributed by atoms with E-state index < -0.39 is 0 Å². The molecule has 0 aromatic heterocycles. The molecular weight excluding hydrogens is 320 g/mol. The highest BCUT2D eigenvalue weighted by molar-refractivity contribution is 5.77. The molecule has 0 spiro atoms. The van der Waals surface area contributed by atoms with Crippen molar-refractivity contribution < 1.29 is 14.3 Å². The number of likely N-dealkylation sites (N-methyl/N-ethyl adjacent to an activating group) is 1. The summed E-state index contributed by atoms with van der Waals surface area (Å²) in [7, 11) is 1.65. The molecule has 0 bridgehead atoms. The van der Waals surface area contributed by atoms with Crippen molar-refractivity contribution in [3.05, 3.63) is 29.8 Å². The first-order valence-electron chi connectivity index (χ1n) is 8.86. The summed E-state index contributed by atoms with van der Waals surface area (Å²) in [5, 5.41) is 8.56. The van der Waals surface area contributed by atoms with Crippen molar-refractivity contribution in [2.24, 2.45) is 0 Å². The number of ether oxygens (including phenoxy) is 1. The monoisotopic (exact) mass is 346 g/mol. The molecule has 3 amide bonds. The second-order valence-corrected chi connectivity index (χ2v) is 6.63. The lowest BCUT2D eigenvalue weighted by molar-refractivity contribution is -0.122. The number of rotatable bonds is 5. The number of amides is 3. The molecule has 3 N–H and O–H groups in total. The molecule has 1 saturated heterocycles. The van der Waals surface area contributed by atoms with Crippen LogP contribution in [0.2, 0.25) is 0 Å². The number of likely N-dealkylation sites (tertiary alicyclic amines) is 1. The summed E-state index contributed by atoms with van der Waals surface area (Å²) in [5.41, 5.74) is 1.19. The fourth-order valence-electron chi connectivity index (χ4n) is 3.33. The maximum Gasteiger partial charge on any atom is 0.315 e. The summed E-state index contributed by atoms with van der Waals surface area (Å²) in [6.07, 6.45) is 2.54. The second-order valence-electron chi connectivity index (χ2n) is 6.63. The average molecular weight is 346 g/mol. The number of carbonyl (C=O) groups is 2. The van der Waals surface area contributed by atoms with E-state index >= 15 is 0 Å². The Bertz CT molecular complexity index is 589. The minimum absolute atomic E-state index is 0.00227. The predicted octanol–water partition coefficient (Wildman–Crippen LogP) is 0.500. The molecule has 0 radical (unpaired) electrons. The van der Waals surface area contributed by atoms with Crippen LogP contribution in [0.3, 0.4) is 0 Å². The molecular formula is C18H26N4O3. The standard InChI is InChI=1S/C18H26N4O3/c1-19-17(23)12-22-8-6-14(7-9-22)21-18(24)20-11-15-10-13-4-2-3-5-16(13)25-15/h2-5,14-15H,6-12H2,1H3,(H,19,23)(H2,20,21,24)/t15-/m1/s1. The zero-order valence-electron chi connectivity index (χ0n) is 14.6.